The lowest BCUT2D eigenvalue weighted by Gasteiger charge is -2.06. The number of carbonyl (C=O) groups is 1. The minimum absolute atomic E-state index is 0.0985. The molecule has 5 nitrogen and oxygen atoms in total. The summed E-state index contributed by atoms with van der Waals surface area (Å²) in [6, 6.07) is 0. The Hall–Kier alpha value is -1.04. The fourth-order valence-electron chi connectivity index (χ4n) is 0.903. The van der Waals surface area contributed by atoms with E-state index >= 15 is 0 Å². The third-order valence-electron chi connectivity index (χ3n) is 1.53. The first-order valence-corrected chi connectivity index (χ1v) is 6.34. The maximum atomic E-state index is 11.3. The maximum Gasteiger partial charge on any atom is 0.420 e. The molecule has 0 aliphatic rings. The summed E-state index contributed by atoms with van der Waals surface area (Å²) in [5.41, 5.74) is 0.918. The predicted octanol–water partition coefficient (Wildman–Crippen LogP) is 1.42. The Balaban J connectivity index is 3.97. The van der Waals surface area contributed by atoms with Crippen molar-refractivity contribution in [2.75, 3.05) is 12.4 Å². The molecule has 0 heterocycles. The third-order valence-corrected chi connectivity index (χ3v) is 2.83. The summed E-state index contributed by atoms with van der Waals surface area (Å²) < 4.78 is 28.8. The molecule has 0 fully saturated rings. The van der Waals surface area contributed by atoms with Crippen LogP contribution in [0.15, 0.2) is 12.2 Å². The molecule has 0 spiro atoms. The number of sulfonamides is 1. The predicted molar refractivity (Wildman–Crippen MR) is 58.0 cm³/mol. The number of amides is 1. The van der Waals surface area contributed by atoms with Gasteiger partial charge in [-0.1, -0.05) is 5.57 Å². The van der Waals surface area contributed by atoms with E-state index in [0.717, 1.165) is 5.57 Å². The summed E-state index contributed by atoms with van der Waals surface area (Å²) in [7, 11) is -3.56. The summed E-state index contributed by atoms with van der Waals surface area (Å²) in [4.78, 5) is 10.8. The van der Waals surface area contributed by atoms with Crippen LogP contribution in [-0.4, -0.2) is 26.9 Å². The van der Waals surface area contributed by atoms with Gasteiger partial charge in [-0.25, -0.2) is 17.9 Å². The van der Waals surface area contributed by atoms with E-state index in [1.807, 2.05) is 11.6 Å². The van der Waals surface area contributed by atoms with Crippen LogP contribution in [0, 0.1) is 0 Å². The van der Waals surface area contributed by atoms with Crippen molar-refractivity contribution in [2.24, 2.45) is 0 Å². The van der Waals surface area contributed by atoms with Gasteiger partial charge in [-0.15, -0.1) is 6.58 Å². The average molecular weight is 235 g/mol. The second-order valence-corrected chi connectivity index (χ2v) is 5.04. The second-order valence-electron chi connectivity index (χ2n) is 3.20. The van der Waals surface area contributed by atoms with E-state index in [2.05, 4.69) is 11.3 Å². The topological polar surface area (TPSA) is 72.5 Å². The number of hydrogen-bond acceptors (Lipinski definition) is 4. The maximum absolute atomic E-state index is 11.3. The van der Waals surface area contributed by atoms with Crippen LogP contribution < -0.4 is 4.72 Å². The van der Waals surface area contributed by atoms with Crippen LogP contribution in [0.4, 0.5) is 4.79 Å². The minimum Gasteiger partial charge on any atom is -0.449 e. The lowest BCUT2D eigenvalue weighted by atomic mass is 10.2. The summed E-state index contributed by atoms with van der Waals surface area (Å²) in [5.74, 6) is -0.0985. The zero-order valence-electron chi connectivity index (χ0n) is 9.08. The molecule has 0 saturated carbocycles. The highest BCUT2D eigenvalue weighted by molar-refractivity contribution is 7.90. The highest BCUT2D eigenvalue weighted by atomic mass is 32.2. The van der Waals surface area contributed by atoms with Crippen molar-refractivity contribution >= 4 is 16.1 Å². The summed E-state index contributed by atoms with van der Waals surface area (Å²) in [6.07, 6.45) is 0.154. The number of hydrogen-bond donors (Lipinski definition) is 1. The van der Waals surface area contributed by atoms with Gasteiger partial charge in [-0.3, -0.25) is 0 Å². The number of carbonyl (C=O) groups excluding carboxylic acids is 1. The Morgan fingerprint density at radius 1 is 1.47 bits per heavy atom. The highest BCUT2D eigenvalue weighted by Gasteiger charge is 2.14. The van der Waals surface area contributed by atoms with E-state index in [9.17, 15) is 13.2 Å². The van der Waals surface area contributed by atoms with E-state index in [0.29, 0.717) is 12.8 Å². The van der Waals surface area contributed by atoms with Crippen LogP contribution in [0.1, 0.15) is 26.7 Å². The van der Waals surface area contributed by atoms with E-state index < -0.39 is 16.1 Å². The van der Waals surface area contributed by atoms with Gasteiger partial charge in [-0.2, -0.15) is 0 Å². The van der Waals surface area contributed by atoms with Crippen molar-refractivity contribution in [1.82, 2.24) is 4.72 Å². The second kappa shape index (κ2) is 6.44. The molecule has 0 bridgehead atoms. The Morgan fingerprint density at radius 3 is 2.53 bits per heavy atom. The van der Waals surface area contributed by atoms with Crippen molar-refractivity contribution in [3.63, 3.8) is 0 Å². The summed E-state index contributed by atoms with van der Waals surface area (Å²) in [6.45, 7) is 7.23. The number of ether oxygens (including phenoxy) is 1. The van der Waals surface area contributed by atoms with Crippen LogP contribution in [0.2, 0.25) is 0 Å². The first-order valence-electron chi connectivity index (χ1n) is 4.69. The fraction of sp³-hybridized carbons (Fsp3) is 0.667. The van der Waals surface area contributed by atoms with Crippen LogP contribution >= 0.6 is 0 Å². The minimum atomic E-state index is -3.56. The Bertz CT molecular complexity index is 321. The van der Waals surface area contributed by atoms with Gasteiger partial charge in [0.05, 0.1) is 12.4 Å². The van der Waals surface area contributed by atoms with Gasteiger partial charge in [0, 0.05) is 0 Å². The van der Waals surface area contributed by atoms with Crippen LogP contribution in [0.3, 0.4) is 0 Å². The average Bonchev–Trinajstić information content (AvgIpc) is 2.01. The lowest BCUT2D eigenvalue weighted by Crippen LogP contribution is -2.33. The van der Waals surface area contributed by atoms with Gasteiger partial charge in [0.25, 0.3) is 0 Å². The quantitative estimate of drug-likeness (QED) is 0.707. The molecule has 0 unspecified atom stereocenters. The molecular weight excluding hydrogens is 218 g/mol. The largest absolute Gasteiger partial charge is 0.449 e. The molecule has 0 aliphatic heterocycles. The Labute approximate surface area is 90.6 Å². The van der Waals surface area contributed by atoms with Crippen molar-refractivity contribution in [1.29, 1.82) is 0 Å². The zero-order chi connectivity index (χ0) is 11.9. The van der Waals surface area contributed by atoms with Crippen molar-refractivity contribution < 1.29 is 17.9 Å². The standard InChI is InChI=1S/C9H17NO4S/c1-4-14-9(11)10-15(12,13)7-5-6-8(2)3/h2,4-7H2,1,3H3,(H,10,11). The van der Waals surface area contributed by atoms with E-state index in [4.69, 9.17) is 0 Å². The van der Waals surface area contributed by atoms with E-state index in [1.165, 1.54) is 0 Å². The lowest BCUT2D eigenvalue weighted by molar-refractivity contribution is 0.158. The van der Waals surface area contributed by atoms with Gasteiger partial charge < -0.3 is 4.74 Å². The molecule has 1 N–H and O–H groups in total. The highest BCUT2D eigenvalue weighted by Crippen LogP contribution is 2.02. The molecule has 15 heavy (non-hydrogen) atoms. The molecule has 0 atom stereocenters. The van der Waals surface area contributed by atoms with Crippen LogP contribution in [-0.2, 0) is 14.8 Å². The molecule has 0 aromatic rings. The normalized spacial score (nSPS) is 10.8. The summed E-state index contributed by atoms with van der Waals surface area (Å²) >= 11 is 0. The molecule has 6 heteroatoms. The van der Waals surface area contributed by atoms with Gasteiger partial charge in [-0.05, 0) is 26.7 Å². The van der Waals surface area contributed by atoms with Crippen LogP contribution in [0.5, 0.6) is 0 Å². The van der Waals surface area contributed by atoms with Gasteiger partial charge >= 0.3 is 6.09 Å². The Kier molecular flexibility index (Phi) is 6.00. The Morgan fingerprint density at radius 2 is 2.07 bits per heavy atom. The SMILES string of the molecule is C=C(C)CCCS(=O)(=O)NC(=O)OCC. The van der Waals surface area contributed by atoms with Crippen molar-refractivity contribution in [3.8, 4) is 0 Å². The van der Waals surface area contributed by atoms with Gasteiger partial charge in [0.2, 0.25) is 10.0 Å². The van der Waals surface area contributed by atoms with Gasteiger partial charge in [0.15, 0.2) is 0 Å². The summed E-state index contributed by atoms with van der Waals surface area (Å²) in [5, 5.41) is 0. The molecule has 0 radical (unpaired) electrons. The first-order chi connectivity index (χ1) is 6.87. The fourth-order valence-corrected chi connectivity index (χ4v) is 1.84. The number of allylic oxidation sites excluding steroid dienone is 1. The van der Waals surface area contributed by atoms with Crippen LogP contribution in [0.25, 0.3) is 0 Å². The van der Waals surface area contributed by atoms with Crippen molar-refractivity contribution in [3.05, 3.63) is 12.2 Å². The zero-order valence-corrected chi connectivity index (χ0v) is 9.89. The number of nitrogens with one attached hydrogen (secondary N) is 1. The molecule has 1 amide bonds. The molecular formula is C9H17NO4S. The van der Waals surface area contributed by atoms with E-state index in [1.54, 1.807) is 6.92 Å². The smallest absolute Gasteiger partial charge is 0.420 e. The molecule has 0 rings (SSSR count). The molecule has 0 aromatic heterocycles. The number of rotatable bonds is 6. The van der Waals surface area contributed by atoms with Gasteiger partial charge in [0.1, 0.15) is 0 Å². The molecule has 0 saturated heterocycles. The molecule has 0 aromatic carbocycles. The third kappa shape index (κ3) is 7.99. The monoisotopic (exact) mass is 235 g/mol. The molecule has 88 valence electrons. The van der Waals surface area contributed by atoms with Crippen molar-refractivity contribution in [2.45, 2.75) is 26.7 Å². The first kappa shape index (κ1) is 14.0. The van der Waals surface area contributed by atoms with E-state index in [-0.39, 0.29) is 12.4 Å². The molecule has 0 aliphatic carbocycles.